The number of amidine groups is 1. The number of anilines is 2. The minimum absolute atomic E-state index is 0.0234. The highest BCUT2D eigenvalue weighted by molar-refractivity contribution is 6.25. The first-order chi connectivity index (χ1) is 11.5. The van der Waals surface area contributed by atoms with Crippen molar-refractivity contribution >= 4 is 29.3 Å². The number of allylic oxidation sites excluding steroid dienone is 1. The van der Waals surface area contributed by atoms with Gasteiger partial charge in [0.1, 0.15) is 5.84 Å². The van der Waals surface area contributed by atoms with Gasteiger partial charge in [0.05, 0.1) is 5.57 Å². The van der Waals surface area contributed by atoms with Crippen molar-refractivity contribution in [2.45, 2.75) is 6.92 Å². The number of nitrogens with zero attached hydrogens (tertiary/aromatic N) is 2. The van der Waals surface area contributed by atoms with E-state index in [1.807, 2.05) is 24.3 Å². The van der Waals surface area contributed by atoms with Crippen molar-refractivity contribution in [1.82, 2.24) is 4.90 Å². The van der Waals surface area contributed by atoms with Gasteiger partial charge in [0.25, 0.3) is 5.91 Å². The maximum absolute atomic E-state index is 11.3. The number of primary amides is 1. The smallest absolute Gasteiger partial charge is 0.252 e. The average molecular weight is 328 g/mol. The van der Waals surface area contributed by atoms with Crippen LogP contribution in [0.2, 0.25) is 0 Å². The van der Waals surface area contributed by atoms with Crippen LogP contribution in [0.25, 0.3) is 0 Å². The van der Waals surface area contributed by atoms with Crippen LogP contribution in [0, 0.1) is 10.8 Å². The third-order valence-corrected chi connectivity index (χ3v) is 4.11. The summed E-state index contributed by atoms with van der Waals surface area (Å²) in [7, 11) is 0. The molecule has 0 unspecified atom stereocenters. The monoisotopic (exact) mass is 328 g/mol. The lowest BCUT2D eigenvalue weighted by Gasteiger charge is -2.35. The summed E-state index contributed by atoms with van der Waals surface area (Å²) in [4.78, 5) is 16.1. The topological polar surface area (TPSA) is 109 Å². The molecule has 1 aromatic carbocycles. The van der Waals surface area contributed by atoms with E-state index in [1.165, 1.54) is 6.08 Å². The first kappa shape index (κ1) is 17.7. The van der Waals surface area contributed by atoms with Crippen molar-refractivity contribution in [3.63, 3.8) is 0 Å². The Bertz CT molecular complexity index is 629. The number of benzene rings is 1. The highest BCUT2D eigenvalue weighted by Gasteiger charge is 2.16. The Hall–Kier alpha value is -2.67. The first-order valence-corrected chi connectivity index (χ1v) is 7.99. The molecule has 24 heavy (non-hydrogen) atoms. The summed E-state index contributed by atoms with van der Waals surface area (Å²) in [5.74, 6) is -0.850. The number of nitrogens with two attached hydrogens (primary N) is 1. The van der Waals surface area contributed by atoms with Crippen LogP contribution in [0.4, 0.5) is 11.4 Å². The predicted molar refractivity (Wildman–Crippen MR) is 98.2 cm³/mol. The molecule has 1 aliphatic heterocycles. The van der Waals surface area contributed by atoms with Gasteiger partial charge in [0, 0.05) is 43.8 Å². The Morgan fingerprint density at radius 1 is 1.25 bits per heavy atom. The van der Waals surface area contributed by atoms with Crippen molar-refractivity contribution in [3.8, 4) is 0 Å². The molecule has 1 heterocycles. The molecule has 1 saturated heterocycles. The van der Waals surface area contributed by atoms with Crippen molar-refractivity contribution in [1.29, 1.82) is 10.8 Å². The van der Waals surface area contributed by atoms with Gasteiger partial charge < -0.3 is 26.3 Å². The van der Waals surface area contributed by atoms with Gasteiger partial charge in [-0.1, -0.05) is 6.92 Å². The number of likely N-dealkylation sites (N-methyl/N-ethyl adjacent to an activating group) is 1. The summed E-state index contributed by atoms with van der Waals surface area (Å²) >= 11 is 0. The molecule has 0 aromatic heterocycles. The minimum atomic E-state index is -0.735. The molecule has 1 aromatic rings. The molecule has 0 atom stereocenters. The van der Waals surface area contributed by atoms with Crippen LogP contribution >= 0.6 is 0 Å². The summed E-state index contributed by atoms with van der Waals surface area (Å²) in [5.41, 5.74) is 7.04. The molecule has 0 saturated carbocycles. The van der Waals surface area contributed by atoms with Crippen molar-refractivity contribution < 1.29 is 4.79 Å². The minimum Gasteiger partial charge on any atom is -0.369 e. The Morgan fingerprint density at radius 3 is 2.38 bits per heavy atom. The molecule has 0 bridgehead atoms. The van der Waals surface area contributed by atoms with Crippen molar-refractivity contribution in [2.75, 3.05) is 42.9 Å². The average Bonchev–Trinajstić information content (AvgIpc) is 2.60. The summed E-state index contributed by atoms with van der Waals surface area (Å²) in [5, 5.41) is 17.8. The van der Waals surface area contributed by atoms with Crippen LogP contribution in [0.1, 0.15) is 6.92 Å². The first-order valence-electron chi connectivity index (χ1n) is 7.99. The van der Waals surface area contributed by atoms with Crippen LogP contribution in [0.15, 0.2) is 35.9 Å². The third-order valence-electron chi connectivity index (χ3n) is 4.11. The van der Waals surface area contributed by atoms with E-state index in [2.05, 4.69) is 22.0 Å². The summed E-state index contributed by atoms with van der Waals surface area (Å²) in [6.45, 7) is 7.41. The lowest BCUT2D eigenvalue weighted by molar-refractivity contribution is -0.114. The van der Waals surface area contributed by atoms with E-state index >= 15 is 0 Å². The second kappa shape index (κ2) is 8.26. The van der Waals surface area contributed by atoms with Gasteiger partial charge in [0.15, 0.2) is 0 Å². The Balaban J connectivity index is 1.99. The van der Waals surface area contributed by atoms with Gasteiger partial charge in [0.2, 0.25) is 0 Å². The van der Waals surface area contributed by atoms with Gasteiger partial charge >= 0.3 is 0 Å². The van der Waals surface area contributed by atoms with Crippen LogP contribution in [0.3, 0.4) is 0 Å². The highest BCUT2D eigenvalue weighted by atomic mass is 16.1. The molecular formula is C17H24N6O. The third kappa shape index (κ3) is 4.42. The van der Waals surface area contributed by atoms with Gasteiger partial charge in [-0.05, 0) is 36.9 Å². The fourth-order valence-electron chi connectivity index (χ4n) is 2.66. The predicted octanol–water partition coefficient (Wildman–Crippen LogP) is 1.28. The highest BCUT2D eigenvalue weighted by Crippen LogP contribution is 2.20. The molecule has 0 spiro atoms. The van der Waals surface area contributed by atoms with Crippen LogP contribution < -0.4 is 16.0 Å². The zero-order chi connectivity index (χ0) is 17.5. The molecule has 1 aliphatic rings. The van der Waals surface area contributed by atoms with Crippen LogP contribution in [-0.4, -0.2) is 55.6 Å². The van der Waals surface area contributed by atoms with E-state index in [4.69, 9.17) is 16.6 Å². The van der Waals surface area contributed by atoms with Crippen molar-refractivity contribution in [2.24, 2.45) is 5.73 Å². The molecule has 2 rings (SSSR count). The summed E-state index contributed by atoms with van der Waals surface area (Å²) in [6.07, 6.45) is 2.15. The van der Waals surface area contributed by atoms with E-state index in [9.17, 15) is 4.79 Å². The largest absolute Gasteiger partial charge is 0.369 e. The van der Waals surface area contributed by atoms with Crippen LogP contribution in [-0.2, 0) is 4.79 Å². The number of carbonyl (C=O) groups is 1. The number of hydrogen-bond acceptors (Lipinski definition) is 5. The molecule has 0 radical (unpaired) electrons. The normalized spacial score (nSPS) is 15.9. The SMILES string of the molecule is CCN1CCN(c2ccc(NC(=N)/C(=C/C=N)C(N)=O)cc2)CC1. The van der Waals surface area contributed by atoms with E-state index in [0.717, 1.165) is 44.6 Å². The van der Waals surface area contributed by atoms with Crippen molar-refractivity contribution in [3.05, 3.63) is 35.9 Å². The molecular weight excluding hydrogens is 304 g/mol. The molecule has 5 N–H and O–H groups in total. The number of amides is 1. The molecule has 7 nitrogen and oxygen atoms in total. The zero-order valence-electron chi connectivity index (χ0n) is 13.9. The number of piperazine rings is 1. The molecule has 1 amide bonds. The lowest BCUT2D eigenvalue weighted by atomic mass is 10.2. The Kier molecular flexibility index (Phi) is 6.08. The Morgan fingerprint density at radius 2 is 1.88 bits per heavy atom. The molecule has 1 fully saturated rings. The van der Waals surface area contributed by atoms with Gasteiger partial charge in [-0.2, -0.15) is 0 Å². The molecule has 128 valence electrons. The number of carbonyl (C=O) groups excluding carboxylic acids is 1. The van der Waals surface area contributed by atoms with Gasteiger partial charge in [-0.15, -0.1) is 0 Å². The lowest BCUT2D eigenvalue weighted by Crippen LogP contribution is -2.46. The number of rotatable bonds is 6. The van der Waals surface area contributed by atoms with Gasteiger partial charge in [-0.25, -0.2) is 0 Å². The van der Waals surface area contributed by atoms with E-state index < -0.39 is 5.91 Å². The van der Waals surface area contributed by atoms with E-state index in [0.29, 0.717) is 5.69 Å². The molecule has 7 heteroatoms. The zero-order valence-corrected chi connectivity index (χ0v) is 13.9. The second-order valence-corrected chi connectivity index (χ2v) is 5.58. The standard InChI is InChI=1S/C17H24N6O/c1-2-22-9-11-23(12-10-22)14-5-3-13(4-6-14)21-16(19)15(7-8-18)17(20)24/h3-8,18H,2,9-12H2,1H3,(H2,19,21)(H2,20,24)/b15-7-,18-8?. The fourth-order valence-corrected chi connectivity index (χ4v) is 2.66. The van der Waals surface area contributed by atoms with E-state index in [1.54, 1.807) is 0 Å². The maximum atomic E-state index is 11.3. The fraction of sp³-hybridized carbons (Fsp3) is 0.353. The summed E-state index contributed by atoms with van der Waals surface area (Å²) in [6, 6.07) is 7.75. The maximum Gasteiger partial charge on any atom is 0.252 e. The van der Waals surface area contributed by atoms with Gasteiger partial charge in [-0.3, -0.25) is 10.2 Å². The number of nitrogens with one attached hydrogen (secondary N) is 3. The van der Waals surface area contributed by atoms with E-state index in [-0.39, 0.29) is 11.4 Å². The number of hydrogen-bond donors (Lipinski definition) is 4. The molecule has 0 aliphatic carbocycles. The second-order valence-electron chi connectivity index (χ2n) is 5.58. The summed E-state index contributed by atoms with van der Waals surface area (Å²) < 4.78 is 0. The quantitative estimate of drug-likeness (QED) is 0.358. The van der Waals surface area contributed by atoms with Crippen LogP contribution in [0.5, 0.6) is 0 Å². The Labute approximate surface area is 142 Å².